The van der Waals surface area contributed by atoms with E-state index >= 15 is 0 Å². The molecule has 1 amide bonds. The van der Waals surface area contributed by atoms with Crippen LogP contribution in [0.4, 0.5) is 0 Å². The molecule has 2 aliphatic rings. The number of amides is 1. The average Bonchev–Trinajstić information content (AvgIpc) is 2.90. The van der Waals surface area contributed by atoms with Gasteiger partial charge in [-0.05, 0) is 12.1 Å². The van der Waals surface area contributed by atoms with Gasteiger partial charge in [0.1, 0.15) is 6.61 Å². The van der Waals surface area contributed by atoms with Gasteiger partial charge in [0.05, 0.1) is 24.4 Å². The number of ether oxygens (including phenoxy) is 2. The fourth-order valence-corrected chi connectivity index (χ4v) is 3.07. The molecule has 0 N–H and O–H groups in total. The molecule has 21 heavy (non-hydrogen) atoms. The predicted molar refractivity (Wildman–Crippen MR) is 76.6 cm³/mol. The number of morpholine rings is 1. The maximum Gasteiger partial charge on any atom is 0.249 e. The fraction of sp³-hybridized carbons (Fsp3) is 0.600. The van der Waals surface area contributed by atoms with Crippen molar-refractivity contribution in [3.63, 3.8) is 0 Å². The highest BCUT2D eigenvalue weighted by molar-refractivity contribution is 5.78. The van der Waals surface area contributed by atoms with E-state index < -0.39 is 0 Å². The molecule has 6 heteroatoms. The Hall–Kier alpha value is -1.50. The summed E-state index contributed by atoms with van der Waals surface area (Å²) < 4.78 is 10.8. The quantitative estimate of drug-likeness (QED) is 0.772. The molecule has 0 bridgehead atoms. The van der Waals surface area contributed by atoms with E-state index in [1.54, 1.807) is 7.11 Å². The lowest BCUT2D eigenvalue weighted by Crippen LogP contribution is -2.54. The van der Waals surface area contributed by atoms with E-state index in [1.807, 2.05) is 29.3 Å². The predicted octanol–water partition coefficient (Wildman–Crippen LogP) is 0.140. The number of likely N-dealkylation sites (tertiary alicyclic amines) is 1. The SMILES string of the molecule is COCCN1C(=O)CO[C@H]2CN(Cc3ccccn3)C[C@H]21. The largest absolute Gasteiger partial charge is 0.383 e. The summed E-state index contributed by atoms with van der Waals surface area (Å²) in [5.41, 5.74) is 1.05. The highest BCUT2D eigenvalue weighted by Gasteiger charge is 2.42. The van der Waals surface area contributed by atoms with E-state index in [9.17, 15) is 4.79 Å². The van der Waals surface area contributed by atoms with Crippen molar-refractivity contribution in [2.45, 2.75) is 18.7 Å². The minimum absolute atomic E-state index is 0.0630. The zero-order valence-corrected chi connectivity index (χ0v) is 12.3. The first-order valence-electron chi connectivity index (χ1n) is 7.30. The third-order valence-corrected chi connectivity index (χ3v) is 4.10. The lowest BCUT2D eigenvalue weighted by atomic mass is 10.1. The Kier molecular flexibility index (Phi) is 4.48. The molecule has 3 heterocycles. The monoisotopic (exact) mass is 291 g/mol. The number of methoxy groups -OCH3 is 1. The Labute approximate surface area is 124 Å². The maximum absolute atomic E-state index is 12.0. The number of rotatable bonds is 5. The zero-order chi connectivity index (χ0) is 14.7. The standard InChI is InChI=1S/C15H21N3O3/c1-20-7-6-18-13-9-17(8-12-4-2-3-5-16-12)10-14(13)21-11-15(18)19/h2-5,13-14H,6-11H2,1H3/t13-,14+/m1/s1. The van der Waals surface area contributed by atoms with Gasteiger partial charge in [-0.15, -0.1) is 0 Å². The molecule has 1 aromatic heterocycles. The van der Waals surface area contributed by atoms with Crippen LogP contribution in [0.2, 0.25) is 0 Å². The van der Waals surface area contributed by atoms with Gasteiger partial charge >= 0.3 is 0 Å². The molecular formula is C15H21N3O3. The molecule has 0 saturated carbocycles. The van der Waals surface area contributed by atoms with Crippen LogP contribution < -0.4 is 0 Å². The molecule has 114 valence electrons. The molecule has 0 unspecified atom stereocenters. The number of aromatic nitrogens is 1. The van der Waals surface area contributed by atoms with Crippen LogP contribution in [0.15, 0.2) is 24.4 Å². The lowest BCUT2D eigenvalue weighted by Gasteiger charge is -2.36. The van der Waals surface area contributed by atoms with Crippen LogP contribution in [0.1, 0.15) is 5.69 Å². The molecule has 2 aliphatic heterocycles. The Morgan fingerprint density at radius 2 is 2.33 bits per heavy atom. The van der Waals surface area contributed by atoms with E-state index in [1.165, 1.54) is 0 Å². The summed E-state index contributed by atoms with van der Waals surface area (Å²) in [6, 6.07) is 6.07. The van der Waals surface area contributed by atoms with E-state index in [2.05, 4.69) is 9.88 Å². The zero-order valence-electron chi connectivity index (χ0n) is 12.3. The van der Waals surface area contributed by atoms with Crippen molar-refractivity contribution in [2.24, 2.45) is 0 Å². The number of carbonyl (C=O) groups is 1. The first-order valence-corrected chi connectivity index (χ1v) is 7.30. The molecule has 2 atom stereocenters. The summed E-state index contributed by atoms with van der Waals surface area (Å²) in [4.78, 5) is 20.6. The second-order valence-electron chi connectivity index (χ2n) is 5.51. The summed E-state index contributed by atoms with van der Waals surface area (Å²) in [6.45, 7) is 3.85. The Balaban J connectivity index is 1.64. The molecule has 0 aliphatic carbocycles. The smallest absolute Gasteiger partial charge is 0.249 e. The topological polar surface area (TPSA) is 54.9 Å². The second-order valence-corrected chi connectivity index (χ2v) is 5.51. The molecule has 2 saturated heterocycles. The van der Waals surface area contributed by atoms with Crippen LogP contribution in [-0.2, 0) is 20.8 Å². The fourth-order valence-electron chi connectivity index (χ4n) is 3.07. The minimum Gasteiger partial charge on any atom is -0.383 e. The number of fused-ring (bicyclic) bond motifs is 1. The number of nitrogens with zero attached hydrogens (tertiary/aromatic N) is 3. The van der Waals surface area contributed by atoms with Crippen LogP contribution in [0.3, 0.4) is 0 Å². The van der Waals surface area contributed by atoms with Gasteiger partial charge in [-0.3, -0.25) is 14.7 Å². The number of hydrogen-bond donors (Lipinski definition) is 0. The molecular weight excluding hydrogens is 270 g/mol. The molecule has 3 rings (SSSR count). The first-order chi connectivity index (χ1) is 10.3. The Morgan fingerprint density at radius 1 is 1.43 bits per heavy atom. The minimum atomic E-state index is 0.0630. The summed E-state index contributed by atoms with van der Waals surface area (Å²) in [6.07, 6.45) is 1.91. The van der Waals surface area contributed by atoms with E-state index in [4.69, 9.17) is 9.47 Å². The average molecular weight is 291 g/mol. The summed E-state index contributed by atoms with van der Waals surface area (Å²) in [5.74, 6) is 0.0630. The van der Waals surface area contributed by atoms with Crippen LogP contribution in [0, 0.1) is 0 Å². The van der Waals surface area contributed by atoms with Crippen LogP contribution in [0.25, 0.3) is 0 Å². The van der Waals surface area contributed by atoms with Crippen molar-refractivity contribution in [3.05, 3.63) is 30.1 Å². The van der Waals surface area contributed by atoms with Crippen molar-refractivity contribution < 1.29 is 14.3 Å². The molecule has 6 nitrogen and oxygen atoms in total. The second kappa shape index (κ2) is 6.51. The molecule has 1 aromatic rings. The van der Waals surface area contributed by atoms with Crippen LogP contribution >= 0.6 is 0 Å². The lowest BCUT2D eigenvalue weighted by molar-refractivity contribution is -0.153. The number of pyridine rings is 1. The number of hydrogen-bond acceptors (Lipinski definition) is 5. The third-order valence-electron chi connectivity index (χ3n) is 4.10. The van der Waals surface area contributed by atoms with Crippen LogP contribution in [-0.4, -0.2) is 72.8 Å². The highest BCUT2D eigenvalue weighted by Crippen LogP contribution is 2.24. The first kappa shape index (κ1) is 14.4. The van der Waals surface area contributed by atoms with Gasteiger partial charge in [0.15, 0.2) is 0 Å². The van der Waals surface area contributed by atoms with Gasteiger partial charge < -0.3 is 14.4 Å². The summed E-state index contributed by atoms with van der Waals surface area (Å²) in [7, 11) is 1.66. The molecule has 0 aromatic carbocycles. The van der Waals surface area contributed by atoms with E-state index in [0.717, 1.165) is 25.3 Å². The summed E-state index contributed by atoms with van der Waals surface area (Å²) >= 11 is 0. The maximum atomic E-state index is 12.0. The Bertz CT molecular complexity index is 482. The molecule has 0 spiro atoms. The van der Waals surface area contributed by atoms with Crippen molar-refractivity contribution >= 4 is 5.91 Å². The van der Waals surface area contributed by atoms with Crippen molar-refractivity contribution in [1.82, 2.24) is 14.8 Å². The van der Waals surface area contributed by atoms with Gasteiger partial charge in [0, 0.05) is 39.5 Å². The highest BCUT2D eigenvalue weighted by atomic mass is 16.5. The van der Waals surface area contributed by atoms with E-state index in [0.29, 0.717) is 13.2 Å². The van der Waals surface area contributed by atoms with Gasteiger partial charge in [-0.2, -0.15) is 0 Å². The van der Waals surface area contributed by atoms with Crippen molar-refractivity contribution in [2.75, 3.05) is 40.0 Å². The number of carbonyl (C=O) groups excluding carboxylic acids is 1. The molecule has 2 fully saturated rings. The normalized spacial score (nSPS) is 26.1. The van der Waals surface area contributed by atoms with Crippen LogP contribution in [0.5, 0.6) is 0 Å². The Morgan fingerprint density at radius 3 is 3.10 bits per heavy atom. The van der Waals surface area contributed by atoms with Gasteiger partial charge in [0.2, 0.25) is 5.91 Å². The molecule has 0 radical (unpaired) electrons. The van der Waals surface area contributed by atoms with E-state index in [-0.39, 0.29) is 24.7 Å². The van der Waals surface area contributed by atoms with Gasteiger partial charge in [0.25, 0.3) is 0 Å². The van der Waals surface area contributed by atoms with Gasteiger partial charge in [-0.25, -0.2) is 0 Å². The van der Waals surface area contributed by atoms with Crippen molar-refractivity contribution in [3.8, 4) is 0 Å². The van der Waals surface area contributed by atoms with Gasteiger partial charge in [-0.1, -0.05) is 6.07 Å². The van der Waals surface area contributed by atoms with Crippen molar-refractivity contribution in [1.29, 1.82) is 0 Å². The third kappa shape index (κ3) is 3.23. The summed E-state index contributed by atoms with van der Waals surface area (Å²) in [5, 5.41) is 0.